The molecule has 1 aliphatic heterocycles. The first-order chi connectivity index (χ1) is 7.84. The number of anilines is 1. The molecule has 5 heteroatoms. The quantitative estimate of drug-likeness (QED) is 0.789. The van der Waals surface area contributed by atoms with Crippen molar-refractivity contribution in [3.8, 4) is 0 Å². The van der Waals surface area contributed by atoms with E-state index in [2.05, 4.69) is 40.7 Å². The standard InChI is InChI=1S/C11H12N2OS2/c15-11-12-10-8(2-1-3-9(10)16-11)13-4-6-14-7-5-13/h1-3H,4-7H2,(H,12,15). The Labute approximate surface area is 103 Å². The molecule has 0 amide bonds. The summed E-state index contributed by atoms with van der Waals surface area (Å²) in [5, 5.41) is 0. The van der Waals surface area contributed by atoms with Crippen molar-refractivity contribution in [1.82, 2.24) is 4.98 Å². The van der Waals surface area contributed by atoms with Gasteiger partial charge >= 0.3 is 0 Å². The predicted octanol–water partition coefficient (Wildman–Crippen LogP) is 2.42. The van der Waals surface area contributed by atoms with Gasteiger partial charge in [-0.3, -0.25) is 0 Å². The maximum absolute atomic E-state index is 5.36. The van der Waals surface area contributed by atoms with Crippen LogP contribution in [0.25, 0.3) is 10.2 Å². The molecule has 1 aromatic carbocycles. The summed E-state index contributed by atoms with van der Waals surface area (Å²) in [5.74, 6) is 0. The van der Waals surface area contributed by atoms with E-state index in [0.29, 0.717) is 0 Å². The minimum Gasteiger partial charge on any atom is -0.378 e. The Morgan fingerprint density at radius 2 is 2.12 bits per heavy atom. The third-order valence-electron chi connectivity index (χ3n) is 2.74. The Kier molecular flexibility index (Phi) is 2.75. The minimum atomic E-state index is 0.800. The van der Waals surface area contributed by atoms with E-state index in [0.717, 1.165) is 36.2 Å². The van der Waals surface area contributed by atoms with Crippen LogP contribution in [0.3, 0.4) is 0 Å². The van der Waals surface area contributed by atoms with Gasteiger partial charge < -0.3 is 9.64 Å². The summed E-state index contributed by atoms with van der Waals surface area (Å²) in [6, 6.07) is 6.30. The fraction of sp³-hybridized carbons (Fsp3) is 0.364. The van der Waals surface area contributed by atoms with Gasteiger partial charge in [-0.25, -0.2) is 4.98 Å². The van der Waals surface area contributed by atoms with E-state index in [4.69, 9.17) is 4.74 Å². The molecule has 2 heterocycles. The summed E-state index contributed by atoms with van der Waals surface area (Å²) in [7, 11) is 0. The normalized spacial score (nSPS) is 16.9. The number of nitrogens with zero attached hydrogens (tertiary/aromatic N) is 2. The van der Waals surface area contributed by atoms with E-state index in [1.807, 2.05) is 0 Å². The highest BCUT2D eigenvalue weighted by molar-refractivity contribution is 7.82. The van der Waals surface area contributed by atoms with Crippen molar-refractivity contribution < 1.29 is 4.74 Å². The molecule has 0 radical (unpaired) electrons. The van der Waals surface area contributed by atoms with Gasteiger partial charge in [0.2, 0.25) is 0 Å². The molecular weight excluding hydrogens is 240 g/mol. The smallest absolute Gasteiger partial charge is 0.148 e. The fourth-order valence-corrected chi connectivity index (χ4v) is 3.10. The maximum atomic E-state index is 5.36. The van der Waals surface area contributed by atoms with E-state index in [-0.39, 0.29) is 0 Å². The number of para-hydroxylation sites is 1. The summed E-state index contributed by atoms with van der Waals surface area (Å²) in [5.41, 5.74) is 2.27. The molecule has 3 nitrogen and oxygen atoms in total. The Morgan fingerprint density at radius 3 is 2.94 bits per heavy atom. The van der Waals surface area contributed by atoms with Gasteiger partial charge in [0, 0.05) is 13.1 Å². The minimum absolute atomic E-state index is 0.800. The summed E-state index contributed by atoms with van der Waals surface area (Å²) in [4.78, 5) is 6.82. The predicted molar refractivity (Wildman–Crippen MR) is 69.9 cm³/mol. The molecule has 3 rings (SSSR count). The van der Waals surface area contributed by atoms with Crippen LogP contribution < -0.4 is 4.90 Å². The molecular formula is C11H12N2OS2. The van der Waals surface area contributed by atoms with E-state index in [9.17, 15) is 0 Å². The van der Waals surface area contributed by atoms with Gasteiger partial charge in [0.1, 0.15) is 9.86 Å². The Morgan fingerprint density at radius 1 is 1.31 bits per heavy atom. The van der Waals surface area contributed by atoms with Crippen LogP contribution in [0.2, 0.25) is 0 Å². The molecule has 1 fully saturated rings. The molecule has 16 heavy (non-hydrogen) atoms. The lowest BCUT2D eigenvalue weighted by atomic mass is 10.2. The lowest BCUT2D eigenvalue weighted by molar-refractivity contribution is 0.123. The van der Waals surface area contributed by atoms with Crippen molar-refractivity contribution in [1.29, 1.82) is 0 Å². The van der Waals surface area contributed by atoms with Crippen molar-refractivity contribution in [3.63, 3.8) is 0 Å². The fourth-order valence-electron chi connectivity index (χ4n) is 1.98. The first-order valence-electron chi connectivity index (χ1n) is 5.26. The number of hydrogen-bond acceptors (Lipinski definition) is 5. The zero-order chi connectivity index (χ0) is 11.0. The zero-order valence-corrected chi connectivity index (χ0v) is 10.4. The number of aromatic nitrogens is 1. The third kappa shape index (κ3) is 1.79. The number of thiol groups is 1. The highest BCUT2D eigenvalue weighted by Gasteiger charge is 2.15. The molecule has 1 saturated heterocycles. The van der Waals surface area contributed by atoms with Crippen molar-refractivity contribution in [3.05, 3.63) is 18.2 Å². The van der Waals surface area contributed by atoms with Crippen LogP contribution >= 0.6 is 24.0 Å². The molecule has 1 aliphatic rings. The molecule has 84 valence electrons. The average molecular weight is 252 g/mol. The molecule has 0 spiro atoms. The van der Waals surface area contributed by atoms with Gasteiger partial charge in [0.05, 0.1) is 23.6 Å². The molecule has 0 bridgehead atoms. The molecule has 2 aromatic rings. The Balaban J connectivity index is 2.07. The lowest BCUT2D eigenvalue weighted by Crippen LogP contribution is -2.36. The second-order valence-electron chi connectivity index (χ2n) is 3.72. The number of morpholine rings is 1. The van der Waals surface area contributed by atoms with Crippen molar-refractivity contribution in [2.45, 2.75) is 4.34 Å². The van der Waals surface area contributed by atoms with Gasteiger partial charge in [0.25, 0.3) is 0 Å². The van der Waals surface area contributed by atoms with Crippen LogP contribution in [0.5, 0.6) is 0 Å². The SMILES string of the molecule is Sc1nc2c(N3CCOCC3)cccc2s1. The van der Waals surface area contributed by atoms with Crippen molar-refractivity contribution >= 4 is 39.9 Å². The largest absolute Gasteiger partial charge is 0.378 e. The van der Waals surface area contributed by atoms with Gasteiger partial charge in [-0.1, -0.05) is 6.07 Å². The van der Waals surface area contributed by atoms with E-state index in [1.165, 1.54) is 10.4 Å². The number of rotatable bonds is 1. The molecule has 0 saturated carbocycles. The number of hydrogen-bond donors (Lipinski definition) is 1. The first kappa shape index (κ1) is 10.4. The number of thiazole rings is 1. The van der Waals surface area contributed by atoms with E-state index >= 15 is 0 Å². The summed E-state index contributed by atoms with van der Waals surface area (Å²) >= 11 is 5.94. The molecule has 0 unspecified atom stereocenters. The highest BCUT2D eigenvalue weighted by Crippen LogP contribution is 2.32. The second-order valence-corrected chi connectivity index (χ2v) is 5.48. The van der Waals surface area contributed by atoms with Crippen molar-refractivity contribution in [2.75, 3.05) is 31.2 Å². The zero-order valence-electron chi connectivity index (χ0n) is 8.72. The number of benzene rings is 1. The topological polar surface area (TPSA) is 25.4 Å². The van der Waals surface area contributed by atoms with Gasteiger partial charge in [-0.2, -0.15) is 0 Å². The Bertz CT molecular complexity index is 506. The second kappa shape index (κ2) is 4.24. The van der Waals surface area contributed by atoms with Crippen molar-refractivity contribution in [2.24, 2.45) is 0 Å². The molecule has 0 aliphatic carbocycles. The van der Waals surface area contributed by atoms with Crippen LogP contribution in [-0.2, 0) is 4.74 Å². The summed E-state index contributed by atoms with van der Waals surface area (Å²) in [6.07, 6.45) is 0. The van der Waals surface area contributed by atoms with Gasteiger partial charge in [-0.15, -0.1) is 24.0 Å². The first-order valence-corrected chi connectivity index (χ1v) is 6.52. The highest BCUT2D eigenvalue weighted by atomic mass is 32.2. The molecule has 1 aromatic heterocycles. The Hall–Kier alpha value is -0.780. The van der Waals surface area contributed by atoms with Crippen LogP contribution in [0.4, 0.5) is 5.69 Å². The lowest BCUT2D eigenvalue weighted by Gasteiger charge is -2.28. The third-order valence-corrected chi connectivity index (χ3v) is 3.94. The van der Waals surface area contributed by atoms with Gasteiger partial charge in [-0.05, 0) is 12.1 Å². The summed E-state index contributed by atoms with van der Waals surface area (Å²) in [6.45, 7) is 3.49. The maximum Gasteiger partial charge on any atom is 0.148 e. The van der Waals surface area contributed by atoms with Gasteiger partial charge in [0.15, 0.2) is 0 Å². The average Bonchev–Trinajstić information content (AvgIpc) is 2.70. The van der Waals surface area contributed by atoms with E-state index in [1.54, 1.807) is 11.3 Å². The number of fused-ring (bicyclic) bond motifs is 1. The van der Waals surface area contributed by atoms with E-state index < -0.39 is 0 Å². The van der Waals surface area contributed by atoms with Crippen LogP contribution in [0.15, 0.2) is 22.5 Å². The molecule has 0 N–H and O–H groups in total. The van der Waals surface area contributed by atoms with Crippen LogP contribution in [0, 0.1) is 0 Å². The monoisotopic (exact) mass is 252 g/mol. The summed E-state index contributed by atoms with van der Waals surface area (Å²) < 4.78 is 7.40. The van der Waals surface area contributed by atoms with Crippen LogP contribution in [-0.4, -0.2) is 31.3 Å². The number of ether oxygens (including phenoxy) is 1. The van der Waals surface area contributed by atoms with Crippen LogP contribution in [0.1, 0.15) is 0 Å². The molecule has 0 atom stereocenters.